The number of hydrogen-bond donors (Lipinski definition) is 1. The highest BCUT2D eigenvalue weighted by molar-refractivity contribution is 5.82. The van der Waals surface area contributed by atoms with Crippen LogP contribution in [-0.4, -0.2) is 15.2 Å². The minimum absolute atomic E-state index is 0.370. The molecular weight excluding hydrogens is 288 g/mol. The summed E-state index contributed by atoms with van der Waals surface area (Å²) in [6.45, 7) is 2.04. The monoisotopic (exact) mass is 302 g/mol. The largest absolute Gasteiger partial charge is 0.403 e. The van der Waals surface area contributed by atoms with Gasteiger partial charge in [0.15, 0.2) is 0 Å². The zero-order chi connectivity index (χ0) is 15.6. The van der Waals surface area contributed by atoms with Crippen LogP contribution in [0.2, 0.25) is 0 Å². The van der Waals surface area contributed by atoms with Crippen LogP contribution in [0.4, 0.5) is 11.7 Å². The van der Waals surface area contributed by atoms with Crippen molar-refractivity contribution in [3.8, 4) is 11.5 Å². The summed E-state index contributed by atoms with van der Waals surface area (Å²) in [7, 11) is 0. The highest BCUT2D eigenvalue weighted by atomic mass is 16.4. The third kappa shape index (κ3) is 2.76. The maximum absolute atomic E-state index is 5.70. The molecule has 0 aliphatic heterocycles. The highest BCUT2D eigenvalue weighted by Gasteiger charge is 2.09. The maximum atomic E-state index is 5.70. The van der Waals surface area contributed by atoms with Crippen molar-refractivity contribution in [2.75, 3.05) is 5.32 Å². The highest BCUT2D eigenvalue weighted by Crippen LogP contribution is 2.25. The number of rotatable bonds is 3. The normalized spacial score (nSPS) is 10.8. The standard InChI is InChI=1S/C18H14N4O/c1-12-4-7-15(8-5-12)20-18-22-21-17(23-18)14-6-9-16-13(11-14)3-2-10-19-16/h2-11H,1H3,(H,20,22). The topological polar surface area (TPSA) is 63.8 Å². The molecule has 0 radical (unpaired) electrons. The molecule has 0 aliphatic rings. The van der Waals surface area contributed by atoms with Gasteiger partial charge in [0.05, 0.1) is 5.52 Å². The molecule has 112 valence electrons. The van der Waals surface area contributed by atoms with Crippen molar-refractivity contribution in [2.24, 2.45) is 0 Å². The van der Waals surface area contributed by atoms with Gasteiger partial charge in [0.2, 0.25) is 5.89 Å². The predicted octanol–water partition coefficient (Wildman–Crippen LogP) is 4.34. The van der Waals surface area contributed by atoms with E-state index in [1.807, 2.05) is 61.5 Å². The Kier molecular flexibility index (Phi) is 3.24. The molecule has 5 nitrogen and oxygen atoms in total. The van der Waals surface area contributed by atoms with Crippen LogP contribution in [0.5, 0.6) is 0 Å². The van der Waals surface area contributed by atoms with Gasteiger partial charge in [-0.25, -0.2) is 0 Å². The second-order valence-corrected chi connectivity index (χ2v) is 5.31. The third-order valence-electron chi connectivity index (χ3n) is 3.58. The lowest BCUT2D eigenvalue weighted by molar-refractivity contribution is 0.588. The van der Waals surface area contributed by atoms with E-state index in [4.69, 9.17) is 4.42 Å². The van der Waals surface area contributed by atoms with E-state index in [1.165, 1.54) is 5.56 Å². The number of anilines is 2. The molecule has 5 heteroatoms. The summed E-state index contributed by atoms with van der Waals surface area (Å²) >= 11 is 0. The summed E-state index contributed by atoms with van der Waals surface area (Å²) in [5.41, 5.74) is 3.92. The van der Waals surface area contributed by atoms with Crippen molar-refractivity contribution in [2.45, 2.75) is 6.92 Å². The molecule has 2 aromatic carbocycles. The van der Waals surface area contributed by atoms with E-state index in [2.05, 4.69) is 20.5 Å². The zero-order valence-electron chi connectivity index (χ0n) is 12.5. The van der Waals surface area contributed by atoms with Gasteiger partial charge in [-0.3, -0.25) is 4.98 Å². The van der Waals surface area contributed by atoms with E-state index < -0.39 is 0 Å². The first-order valence-corrected chi connectivity index (χ1v) is 7.30. The zero-order valence-corrected chi connectivity index (χ0v) is 12.5. The number of pyridine rings is 1. The Morgan fingerprint density at radius 1 is 0.957 bits per heavy atom. The average Bonchev–Trinajstić information content (AvgIpc) is 3.05. The van der Waals surface area contributed by atoms with Gasteiger partial charge in [0.1, 0.15) is 0 Å². The molecule has 4 rings (SSSR count). The van der Waals surface area contributed by atoms with Crippen molar-refractivity contribution >= 4 is 22.6 Å². The fourth-order valence-corrected chi connectivity index (χ4v) is 2.36. The van der Waals surface area contributed by atoms with Gasteiger partial charge < -0.3 is 9.73 Å². The smallest absolute Gasteiger partial charge is 0.320 e. The summed E-state index contributed by atoms with van der Waals surface area (Å²) < 4.78 is 5.70. The van der Waals surface area contributed by atoms with Crippen LogP contribution in [0.15, 0.2) is 65.2 Å². The van der Waals surface area contributed by atoms with E-state index in [1.54, 1.807) is 6.20 Å². The van der Waals surface area contributed by atoms with Crippen molar-refractivity contribution in [1.82, 2.24) is 15.2 Å². The lowest BCUT2D eigenvalue weighted by Gasteiger charge is -2.01. The quantitative estimate of drug-likeness (QED) is 0.610. The van der Waals surface area contributed by atoms with Crippen molar-refractivity contribution < 1.29 is 4.42 Å². The maximum Gasteiger partial charge on any atom is 0.320 e. The Labute approximate surface area is 133 Å². The fourth-order valence-electron chi connectivity index (χ4n) is 2.36. The molecule has 4 aromatic rings. The molecule has 1 N–H and O–H groups in total. The van der Waals surface area contributed by atoms with E-state index in [0.29, 0.717) is 11.9 Å². The van der Waals surface area contributed by atoms with Gasteiger partial charge in [-0.1, -0.05) is 28.9 Å². The van der Waals surface area contributed by atoms with Crippen molar-refractivity contribution in [1.29, 1.82) is 0 Å². The number of fused-ring (bicyclic) bond motifs is 1. The van der Waals surface area contributed by atoms with Crippen LogP contribution in [-0.2, 0) is 0 Å². The number of hydrogen-bond acceptors (Lipinski definition) is 5. The lowest BCUT2D eigenvalue weighted by atomic mass is 10.1. The lowest BCUT2D eigenvalue weighted by Crippen LogP contribution is -1.89. The Balaban J connectivity index is 1.62. The molecule has 2 aromatic heterocycles. The van der Waals surface area contributed by atoms with Crippen LogP contribution in [0.3, 0.4) is 0 Å². The Hall–Kier alpha value is -3.21. The number of benzene rings is 2. The number of nitrogens with zero attached hydrogens (tertiary/aromatic N) is 3. The summed E-state index contributed by atoms with van der Waals surface area (Å²) in [5, 5.41) is 12.3. The molecule has 0 atom stereocenters. The van der Waals surface area contributed by atoms with Crippen LogP contribution in [0.25, 0.3) is 22.4 Å². The molecule has 2 heterocycles. The molecule has 0 spiro atoms. The van der Waals surface area contributed by atoms with Crippen molar-refractivity contribution in [3.05, 3.63) is 66.4 Å². The van der Waals surface area contributed by atoms with Gasteiger partial charge in [-0.15, -0.1) is 5.10 Å². The van der Waals surface area contributed by atoms with Crippen LogP contribution >= 0.6 is 0 Å². The molecule has 0 fully saturated rings. The minimum Gasteiger partial charge on any atom is -0.403 e. The molecular formula is C18H14N4O. The third-order valence-corrected chi connectivity index (χ3v) is 3.58. The van der Waals surface area contributed by atoms with Gasteiger partial charge in [0, 0.05) is 22.8 Å². The summed E-state index contributed by atoms with van der Waals surface area (Å²) in [6, 6.07) is 18.1. The molecule has 0 aliphatic carbocycles. The van der Waals surface area contributed by atoms with Crippen LogP contribution < -0.4 is 5.32 Å². The van der Waals surface area contributed by atoms with Gasteiger partial charge in [-0.05, 0) is 43.3 Å². The number of aryl methyl sites for hydroxylation is 1. The second-order valence-electron chi connectivity index (χ2n) is 5.31. The summed E-state index contributed by atoms with van der Waals surface area (Å²) in [6.07, 6.45) is 1.78. The number of aromatic nitrogens is 3. The van der Waals surface area contributed by atoms with E-state index in [9.17, 15) is 0 Å². The van der Waals surface area contributed by atoms with Gasteiger partial charge in [0.25, 0.3) is 0 Å². The molecule has 0 unspecified atom stereocenters. The van der Waals surface area contributed by atoms with Gasteiger partial charge >= 0.3 is 6.01 Å². The first-order valence-electron chi connectivity index (χ1n) is 7.30. The second kappa shape index (κ2) is 5.53. The first kappa shape index (κ1) is 13.5. The Bertz CT molecular complexity index is 960. The molecule has 0 saturated heterocycles. The number of nitrogens with one attached hydrogen (secondary N) is 1. The molecule has 0 amide bonds. The Morgan fingerprint density at radius 2 is 1.83 bits per heavy atom. The van der Waals surface area contributed by atoms with Crippen LogP contribution in [0, 0.1) is 6.92 Å². The van der Waals surface area contributed by atoms with Crippen LogP contribution in [0.1, 0.15) is 5.56 Å². The first-order chi connectivity index (χ1) is 11.3. The van der Waals surface area contributed by atoms with Crippen molar-refractivity contribution in [3.63, 3.8) is 0 Å². The Morgan fingerprint density at radius 3 is 2.70 bits per heavy atom. The SMILES string of the molecule is Cc1ccc(Nc2nnc(-c3ccc4ncccc4c3)o2)cc1. The minimum atomic E-state index is 0.370. The van der Waals surface area contributed by atoms with E-state index >= 15 is 0 Å². The summed E-state index contributed by atoms with van der Waals surface area (Å²) in [4.78, 5) is 4.31. The summed E-state index contributed by atoms with van der Waals surface area (Å²) in [5.74, 6) is 0.477. The molecule has 0 saturated carbocycles. The van der Waals surface area contributed by atoms with E-state index in [0.717, 1.165) is 22.2 Å². The average molecular weight is 302 g/mol. The van der Waals surface area contributed by atoms with Gasteiger partial charge in [-0.2, -0.15) is 0 Å². The fraction of sp³-hybridized carbons (Fsp3) is 0.0556. The van der Waals surface area contributed by atoms with E-state index in [-0.39, 0.29) is 0 Å². The molecule has 0 bridgehead atoms. The predicted molar refractivity (Wildman–Crippen MR) is 89.5 cm³/mol. The molecule has 23 heavy (non-hydrogen) atoms.